The van der Waals surface area contributed by atoms with Gasteiger partial charge in [-0.05, 0) is 38.3 Å². The summed E-state index contributed by atoms with van der Waals surface area (Å²) in [6.45, 7) is 7.13. The second-order valence-electron chi connectivity index (χ2n) is 5.46. The molecule has 1 aliphatic rings. The van der Waals surface area contributed by atoms with E-state index >= 15 is 0 Å². The number of hydrogen-bond donors (Lipinski definition) is 2. The van der Waals surface area contributed by atoms with Gasteiger partial charge in [0.05, 0.1) is 0 Å². The van der Waals surface area contributed by atoms with Gasteiger partial charge in [-0.25, -0.2) is 0 Å². The average molecular weight is 388 g/mol. The summed E-state index contributed by atoms with van der Waals surface area (Å²) in [5.74, 6) is 1.17. The highest BCUT2D eigenvalue weighted by atomic mass is 127. The fourth-order valence-electron chi connectivity index (χ4n) is 2.42. The molecule has 20 heavy (non-hydrogen) atoms. The molecule has 1 unspecified atom stereocenters. The quantitative estimate of drug-likeness (QED) is 0.473. The normalized spacial score (nSPS) is 19.1. The van der Waals surface area contributed by atoms with Crippen LogP contribution in [0.25, 0.3) is 0 Å². The molecule has 1 saturated heterocycles. The van der Waals surface area contributed by atoms with Crippen LogP contribution in [-0.4, -0.2) is 31.6 Å². The number of benzene rings is 1. The Labute approximate surface area is 138 Å². The zero-order valence-corrected chi connectivity index (χ0v) is 14.6. The van der Waals surface area contributed by atoms with E-state index in [-0.39, 0.29) is 24.0 Å². The first-order chi connectivity index (χ1) is 9.15. The Kier molecular flexibility index (Phi) is 7.12. The molecule has 2 rings (SSSR count). The van der Waals surface area contributed by atoms with Crippen LogP contribution in [0.5, 0.6) is 0 Å². The van der Waals surface area contributed by atoms with Crippen molar-refractivity contribution in [2.75, 3.05) is 24.5 Å². The average Bonchev–Trinajstić information content (AvgIpc) is 2.85. The van der Waals surface area contributed by atoms with Gasteiger partial charge in [0, 0.05) is 31.4 Å². The van der Waals surface area contributed by atoms with Crippen molar-refractivity contribution in [2.24, 2.45) is 16.6 Å². The van der Waals surface area contributed by atoms with Crippen molar-refractivity contribution in [3.63, 3.8) is 0 Å². The fourth-order valence-corrected chi connectivity index (χ4v) is 2.42. The maximum absolute atomic E-state index is 5.82. The van der Waals surface area contributed by atoms with Gasteiger partial charge in [0.15, 0.2) is 5.96 Å². The van der Waals surface area contributed by atoms with Crippen molar-refractivity contribution in [3.05, 3.63) is 30.3 Å². The Morgan fingerprint density at radius 2 is 2.10 bits per heavy atom. The van der Waals surface area contributed by atoms with Crippen LogP contribution in [0.3, 0.4) is 0 Å². The topological polar surface area (TPSA) is 53.6 Å². The second-order valence-corrected chi connectivity index (χ2v) is 5.46. The van der Waals surface area contributed by atoms with Crippen molar-refractivity contribution < 1.29 is 0 Å². The molecule has 0 aliphatic carbocycles. The predicted molar refractivity (Wildman–Crippen MR) is 96.9 cm³/mol. The number of aliphatic imine (C=N–C) groups is 1. The van der Waals surface area contributed by atoms with Gasteiger partial charge < -0.3 is 16.0 Å². The van der Waals surface area contributed by atoms with Crippen LogP contribution < -0.4 is 16.0 Å². The number of nitrogens with one attached hydrogen (secondary N) is 1. The molecule has 1 aromatic rings. The Bertz CT molecular complexity index is 419. The van der Waals surface area contributed by atoms with Gasteiger partial charge in [0.2, 0.25) is 0 Å². The Balaban J connectivity index is 0.00000200. The lowest BCUT2D eigenvalue weighted by Crippen LogP contribution is -2.37. The highest BCUT2D eigenvalue weighted by molar-refractivity contribution is 14.0. The van der Waals surface area contributed by atoms with Gasteiger partial charge in [-0.1, -0.05) is 18.2 Å². The van der Waals surface area contributed by atoms with E-state index < -0.39 is 0 Å². The summed E-state index contributed by atoms with van der Waals surface area (Å²) in [4.78, 5) is 6.85. The van der Waals surface area contributed by atoms with E-state index in [2.05, 4.69) is 59.4 Å². The van der Waals surface area contributed by atoms with Gasteiger partial charge in [-0.3, -0.25) is 4.99 Å². The first-order valence-electron chi connectivity index (χ1n) is 7.01. The summed E-state index contributed by atoms with van der Waals surface area (Å²) in [5.41, 5.74) is 7.13. The molecule has 1 aliphatic heterocycles. The van der Waals surface area contributed by atoms with Gasteiger partial charge in [0.25, 0.3) is 0 Å². The van der Waals surface area contributed by atoms with Crippen LogP contribution in [0.4, 0.5) is 5.69 Å². The van der Waals surface area contributed by atoms with Crippen molar-refractivity contribution >= 4 is 35.6 Å². The van der Waals surface area contributed by atoms with Gasteiger partial charge in [0.1, 0.15) is 0 Å². The summed E-state index contributed by atoms with van der Waals surface area (Å²) < 4.78 is 0. The molecule has 1 aromatic carbocycles. The van der Waals surface area contributed by atoms with Crippen LogP contribution in [0.15, 0.2) is 35.3 Å². The molecule has 1 atom stereocenters. The van der Waals surface area contributed by atoms with E-state index in [1.54, 1.807) is 0 Å². The lowest BCUT2D eigenvalue weighted by molar-refractivity contribution is 0.599. The highest BCUT2D eigenvalue weighted by Crippen LogP contribution is 2.23. The number of para-hydroxylation sites is 1. The molecule has 5 heteroatoms. The minimum absolute atomic E-state index is 0. The second kappa shape index (κ2) is 8.34. The van der Waals surface area contributed by atoms with Crippen LogP contribution in [0.2, 0.25) is 0 Å². The summed E-state index contributed by atoms with van der Waals surface area (Å²) in [6, 6.07) is 10.9. The minimum Gasteiger partial charge on any atom is -0.371 e. The summed E-state index contributed by atoms with van der Waals surface area (Å²) in [7, 11) is 0. The molecule has 4 nitrogen and oxygen atoms in total. The molecule has 0 saturated carbocycles. The van der Waals surface area contributed by atoms with Crippen molar-refractivity contribution in [1.29, 1.82) is 0 Å². The van der Waals surface area contributed by atoms with Gasteiger partial charge >= 0.3 is 0 Å². The number of hydrogen-bond acceptors (Lipinski definition) is 2. The summed E-state index contributed by atoms with van der Waals surface area (Å²) in [5, 5.41) is 3.12. The number of rotatable bonds is 4. The molecule has 112 valence electrons. The van der Waals surface area contributed by atoms with Crippen LogP contribution >= 0.6 is 24.0 Å². The summed E-state index contributed by atoms with van der Waals surface area (Å²) in [6.07, 6.45) is 1.19. The lowest BCUT2D eigenvalue weighted by Gasteiger charge is -2.18. The van der Waals surface area contributed by atoms with Gasteiger partial charge in [-0.2, -0.15) is 0 Å². The van der Waals surface area contributed by atoms with Crippen LogP contribution in [0, 0.1) is 5.92 Å². The molecule has 0 amide bonds. The Hall–Kier alpha value is -0.980. The number of nitrogens with zero attached hydrogens (tertiary/aromatic N) is 2. The standard InChI is InChI=1S/C15H24N4.HI/c1-12(2)18-15(16)17-10-13-8-9-19(11-13)14-6-4-3-5-7-14;/h3-7,12-13H,8-11H2,1-2H3,(H3,16,17,18);1H. The summed E-state index contributed by atoms with van der Waals surface area (Å²) >= 11 is 0. The van der Waals surface area contributed by atoms with Crippen molar-refractivity contribution in [3.8, 4) is 0 Å². The van der Waals surface area contributed by atoms with E-state index in [1.165, 1.54) is 12.1 Å². The van der Waals surface area contributed by atoms with E-state index in [4.69, 9.17) is 5.73 Å². The van der Waals surface area contributed by atoms with E-state index in [1.807, 2.05) is 0 Å². The van der Waals surface area contributed by atoms with Gasteiger partial charge in [-0.15, -0.1) is 24.0 Å². The zero-order valence-electron chi connectivity index (χ0n) is 12.2. The predicted octanol–water partition coefficient (Wildman–Crippen LogP) is 2.44. The molecule has 1 heterocycles. The van der Waals surface area contributed by atoms with E-state index in [9.17, 15) is 0 Å². The first-order valence-corrected chi connectivity index (χ1v) is 7.01. The smallest absolute Gasteiger partial charge is 0.188 e. The Morgan fingerprint density at radius 1 is 1.40 bits per heavy atom. The van der Waals surface area contributed by atoms with Crippen molar-refractivity contribution in [1.82, 2.24) is 5.32 Å². The third-order valence-corrected chi connectivity index (χ3v) is 3.36. The molecular weight excluding hydrogens is 363 g/mol. The molecule has 0 radical (unpaired) electrons. The van der Waals surface area contributed by atoms with E-state index in [0.717, 1.165) is 19.6 Å². The maximum atomic E-state index is 5.82. The SMILES string of the molecule is CC(C)NC(N)=NCC1CCN(c2ccccc2)C1.I. The number of halogens is 1. The lowest BCUT2D eigenvalue weighted by atomic mass is 10.1. The maximum Gasteiger partial charge on any atom is 0.188 e. The third-order valence-electron chi connectivity index (χ3n) is 3.36. The molecule has 0 aromatic heterocycles. The molecular formula is C15H25IN4. The van der Waals surface area contributed by atoms with Crippen LogP contribution in [0.1, 0.15) is 20.3 Å². The molecule has 0 bridgehead atoms. The molecule has 3 N–H and O–H groups in total. The third kappa shape index (κ3) is 5.19. The molecule has 1 fully saturated rings. The van der Waals surface area contributed by atoms with Crippen LogP contribution in [-0.2, 0) is 0 Å². The molecule has 0 spiro atoms. The number of anilines is 1. The fraction of sp³-hybridized carbons (Fsp3) is 0.533. The van der Waals surface area contributed by atoms with Crippen molar-refractivity contribution in [2.45, 2.75) is 26.3 Å². The zero-order chi connectivity index (χ0) is 13.7. The first kappa shape index (κ1) is 17.1. The number of nitrogens with two attached hydrogens (primary N) is 1. The monoisotopic (exact) mass is 388 g/mol. The largest absolute Gasteiger partial charge is 0.371 e. The highest BCUT2D eigenvalue weighted by Gasteiger charge is 2.22. The Morgan fingerprint density at radius 3 is 2.75 bits per heavy atom. The van der Waals surface area contributed by atoms with E-state index in [0.29, 0.717) is 17.9 Å². The minimum atomic E-state index is 0. The number of guanidine groups is 1.